The molecule has 0 amide bonds. The highest BCUT2D eigenvalue weighted by atomic mass is 28.4. The van der Waals surface area contributed by atoms with E-state index in [0.717, 1.165) is 19.3 Å². The molecule has 0 aromatic carbocycles. The van der Waals surface area contributed by atoms with Crippen molar-refractivity contribution in [1.29, 1.82) is 0 Å². The van der Waals surface area contributed by atoms with Crippen molar-refractivity contribution in [2.24, 2.45) is 0 Å². The molecule has 5 heteroatoms. The zero-order valence-electron chi connectivity index (χ0n) is 13.7. The summed E-state index contributed by atoms with van der Waals surface area (Å²) in [6.45, 7) is 14.8. The lowest BCUT2D eigenvalue weighted by atomic mass is 10.3. The third-order valence-electron chi connectivity index (χ3n) is 3.08. The van der Waals surface area contributed by atoms with Crippen LogP contribution in [0.2, 0.25) is 0 Å². The Bertz CT molecular complexity index is 194. The molecular formula is C14H32O4Si. The van der Waals surface area contributed by atoms with E-state index in [4.69, 9.17) is 17.7 Å². The summed E-state index contributed by atoms with van der Waals surface area (Å²) in [5, 5.41) is 0. The van der Waals surface area contributed by atoms with E-state index < -0.39 is 9.05 Å². The van der Waals surface area contributed by atoms with Gasteiger partial charge in [-0.25, -0.2) is 0 Å². The molecule has 0 aromatic rings. The minimum atomic E-state index is -3.05. The van der Waals surface area contributed by atoms with E-state index in [-0.39, 0.29) is 18.3 Å². The topological polar surface area (TPSA) is 36.9 Å². The second kappa shape index (κ2) is 9.88. The first-order chi connectivity index (χ1) is 8.92. The predicted octanol–water partition coefficient (Wildman–Crippen LogP) is 3.90. The van der Waals surface area contributed by atoms with E-state index in [1.54, 1.807) is 0 Å². The van der Waals surface area contributed by atoms with E-state index >= 15 is 0 Å². The maximum Gasteiger partial charge on any atom is 0.680 e. The summed E-state index contributed by atoms with van der Waals surface area (Å²) >= 11 is 0. The molecule has 0 bridgehead atoms. The van der Waals surface area contributed by atoms with Crippen LogP contribution in [0.15, 0.2) is 0 Å². The van der Waals surface area contributed by atoms with Crippen molar-refractivity contribution in [3.63, 3.8) is 0 Å². The zero-order valence-corrected chi connectivity index (χ0v) is 14.7. The van der Waals surface area contributed by atoms with Gasteiger partial charge in [0, 0.05) is 24.9 Å². The van der Waals surface area contributed by atoms with Crippen LogP contribution in [0.25, 0.3) is 0 Å². The van der Waals surface area contributed by atoms with Crippen LogP contribution in [-0.4, -0.2) is 34.0 Å². The maximum absolute atomic E-state index is 6.04. The van der Waals surface area contributed by atoms with Crippen molar-refractivity contribution in [2.45, 2.75) is 86.0 Å². The lowest BCUT2D eigenvalue weighted by Gasteiger charge is -2.34. The van der Waals surface area contributed by atoms with E-state index in [1.807, 2.05) is 27.7 Å². The molecule has 0 fully saturated rings. The van der Waals surface area contributed by atoms with E-state index in [1.165, 1.54) is 0 Å². The Hall–Kier alpha value is 0.0569. The van der Waals surface area contributed by atoms with Crippen LogP contribution in [-0.2, 0) is 17.7 Å². The van der Waals surface area contributed by atoms with Gasteiger partial charge in [-0.15, -0.1) is 0 Å². The van der Waals surface area contributed by atoms with Crippen LogP contribution in [0.1, 0.15) is 67.7 Å². The average Bonchev–Trinajstić information content (AvgIpc) is 2.38. The summed E-state index contributed by atoms with van der Waals surface area (Å²) in [7, 11) is -3.05. The van der Waals surface area contributed by atoms with Gasteiger partial charge in [-0.05, 0) is 47.0 Å². The molecule has 0 aliphatic rings. The first-order valence-corrected chi connectivity index (χ1v) is 9.23. The molecular weight excluding hydrogens is 260 g/mol. The van der Waals surface area contributed by atoms with Gasteiger partial charge in [0.15, 0.2) is 0 Å². The van der Waals surface area contributed by atoms with Gasteiger partial charge in [0.2, 0.25) is 0 Å². The van der Waals surface area contributed by atoms with Gasteiger partial charge in [-0.2, -0.15) is 0 Å². The maximum atomic E-state index is 6.04. The largest absolute Gasteiger partial charge is 0.680 e. The quantitative estimate of drug-likeness (QED) is 0.541. The molecule has 0 heterocycles. The zero-order chi connectivity index (χ0) is 14.9. The first-order valence-electron chi connectivity index (χ1n) is 7.60. The fourth-order valence-electron chi connectivity index (χ4n) is 1.35. The van der Waals surface area contributed by atoms with Gasteiger partial charge >= 0.3 is 9.05 Å². The number of hydrogen-bond acceptors (Lipinski definition) is 4. The van der Waals surface area contributed by atoms with Crippen LogP contribution in [0.5, 0.6) is 0 Å². The molecule has 3 atom stereocenters. The van der Waals surface area contributed by atoms with Crippen LogP contribution in [0.4, 0.5) is 0 Å². The first kappa shape index (κ1) is 19.1. The molecule has 0 spiro atoms. The van der Waals surface area contributed by atoms with Crippen molar-refractivity contribution in [3.05, 3.63) is 0 Å². The third-order valence-corrected chi connectivity index (χ3v) is 5.80. The smallest absolute Gasteiger partial charge is 0.351 e. The third kappa shape index (κ3) is 7.42. The standard InChI is InChI=1S/C14H32O4Si/c1-8-12(5)16-19(15-11-4,17-13(6)9-2)18-14(7)10-3/h12-14H,8-11H2,1-7H3. The van der Waals surface area contributed by atoms with Crippen LogP contribution < -0.4 is 0 Å². The highest BCUT2D eigenvalue weighted by Gasteiger charge is 2.49. The van der Waals surface area contributed by atoms with Crippen LogP contribution in [0.3, 0.4) is 0 Å². The SMILES string of the molecule is CCO[Si](OC(C)CC)(OC(C)CC)OC(C)CC. The fourth-order valence-corrected chi connectivity index (χ4v) is 4.05. The Morgan fingerprint density at radius 1 is 0.684 bits per heavy atom. The normalized spacial score (nSPS) is 19.7. The molecule has 19 heavy (non-hydrogen) atoms. The summed E-state index contributed by atoms with van der Waals surface area (Å²) < 4.78 is 24.0. The minimum Gasteiger partial charge on any atom is -0.351 e. The molecule has 116 valence electrons. The molecule has 4 nitrogen and oxygen atoms in total. The molecule has 0 aliphatic carbocycles. The van der Waals surface area contributed by atoms with E-state index in [0.29, 0.717) is 6.61 Å². The van der Waals surface area contributed by atoms with Crippen LogP contribution in [0, 0.1) is 0 Å². The monoisotopic (exact) mass is 292 g/mol. The Labute approximate surface area is 120 Å². The van der Waals surface area contributed by atoms with Crippen molar-refractivity contribution >= 4 is 9.05 Å². The lowest BCUT2D eigenvalue weighted by molar-refractivity contribution is -0.0824. The Balaban J connectivity index is 4.96. The van der Waals surface area contributed by atoms with Crippen molar-refractivity contribution in [2.75, 3.05) is 6.61 Å². The van der Waals surface area contributed by atoms with Crippen molar-refractivity contribution < 1.29 is 17.7 Å². The Morgan fingerprint density at radius 3 is 1.21 bits per heavy atom. The molecule has 0 rings (SSSR count). The summed E-state index contributed by atoms with van der Waals surface area (Å²) in [4.78, 5) is 0. The molecule has 0 radical (unpaired) electrons. The molecule has 0 N–H and O–H groups in total. The second-order valence-corrected chi connectivity index (χ2v) is 6.94. The number of rotatable bonds is 11. The fraction of sp³-hybridized carbons (Fsp3) is 1.00. The Kier molecular flexibility index (Phi) is 9.91. The molecule has 0 saturated carbocycles. The van der Waals surface area contributed by atoms with E-state index in [2.05, 4.69) is 20.8 Å². The van der Waals surface area contributed by atoms with Gasteiger partial charge in [-0.1, -0.05) is 20.8 Å². The summed E-state index contributed by atoms with van der Waals surface area (Å²) in [6.07, 6.45) is 2.96. The van der Waals surface area contributed by atoms with Gasteiger partial charge in [0.1, 0.15) is 0 Å². The van der Waals surface area contributed by atoms with Crippen molar-refractivity contribution in [1.82, 2.24) is 0 Å². The predicted molar refractivity (Wildman–Crippen MR) is 79.9 cm³/mol. The molecule has 3 unspecified atom stereocenters. The van der Waals surface area contributed by atoms with Gasteiger partial charge < -0.3 is 17.7 Å². The average molecular weight is 292 g/mol. The highest BCUT2D eigenvalue weighted by Crippen LogP contribution is 2.21. The highest BCUT2D eigenvalue weighted by molar-refractivity contribution is 6.53. The molecule has 0 saturated heterocycles. The number of hydrogen-bond donors (Lipinski definition) is 0. The van der Waals surface area contributed by atoms with Gasteiger partial charge in [0.25, 0.3) is 0 Å². The molecule has 0 aliphatic heterocycles. The van der Waals surface area contributed by atoms with Gasteiger partial charge in [-0.3, -0.25) is 0 Å². The summed E-state index contributed by atoms with van der Waals surface area (Å²) in [6, 6.07) is 0. The van der Waals surface area contributed by atoms with Crippen LogP contribution >= 0.6 is 0 Å². The second-order valence-electron chi connectivity index (χ2n) is 4.94. The van der Waals surface area contributed by atoms with E-state index in [9.17, 15) is 0 Å². The minimum absolute atomic E-state index is 0.0753. The Morgan fingerprint density at radius 2 is 1.00 bits per heavy atom. The van der Waals surface area contributed by atoms with Gasteiger partial charge in [0.05, 0.1) is 0 Å². The molecule has 0 aromatic heterocycles. The summed E-state index contributed by atoms with van der Waals surface area (Å²) in [5.74, 6) is 0. The summed E-state index contributed by atoms with van der Waals surface area (Å²) in [5.41, 5.74) is 0. The lowest BCUT2D eigenvalue weighted by Crippen LogP contribution is -2.54. The van der Waals surface area contributed by atoms with Crippen molar-refractivity contribution in [3.8, 4) is 0 Å².